The number of nitrogens with one attached hydrogen (secondary N) is 4. The summed E-state index contributed by atoms with van der Waals surface area (Å²) in [5, 5.41) is 5.67. The highest BCUT2D eigenvalue weighted by Gasteiger charge is 2.28. The van der Waals surface area contributed by atoms with Crippen LogP contribution in [0.15, 0.2) is 59.5 Å². The highest BCUT2D eigenvalue weighted by atomic mass is 16.2. The van der Waals surface area contributed by atoms with Crippen LogP contribution in [0.1, 0.15) is 33.2 Å². The number of rotatable bonds is 5. The number of amides is 2. The van der Waals surface area contributed by atoms with Crippen LogP contribution in [-0.4, -0.2) is 32.8 Å². The molecule has 0 bridgehead atoms. The van der Waals surface area contributed by atoms with Crippen molar-refractivity contribution in [1.82, 2.24) is 20.3 Å². The van der Waals surface area contributed by atoms with Crippen molar-refractivity contribution in [2.24, 2.45) is 0 Å². The van der Waals surface area contributed by atoms with E-state index in [-0.39, 0.29) is 17.2 Å². The van der Waals surface area contributed by atoms with E-state index in [9.17, 15) is 14.4 Å². The molecule has 154 valence electrons. The normalized spacial score (nSPS) is 13.8. The van der Waals surface area contributed by atoms with Crippen LogP contribution in [-0.2, 0) is 6.42 Å². The van der Waals surface area contributed by atoms with E-state index < -0.39 is 11.8 Å². The Labute approximate surface area is 176 Å². The second-order valence-corrected chi connectivity index (χ2v) is 7.61. The summed E-state index contributed by atoms with van der Waals surface area (Å²) in [4.78, 5) is 46.9. The molecule has 2 aromatic heterocycles. The van der Waals surface area contributed by atoms with Gasteiger partial charge in [0.2, 0.25) is 0 Å². The van der Waals surface area contributed by atoms with E-state index in [2.05, 4.69) is 37.7 Å². The van der Waals surface area contributed by atoms with E-state index in [4.69, 9.17) is 0 Å². The van der Waals surface area contributed by atoms with Gasteiger partial charge in [-0.1, -0.05) is 30.3 Å². The fraction of sp³-hybridized carbons (Fsp3) is 0.130. The summed E-state index contributed by atoms with van der Waals surface area (Å²) in [6.45, 7) is 2.05. The first-order chi connectivity index (χ1) is 15.0. The van der Waals surface area contributed by atoms with Crippen molar-refractivity contribution in [1.29, 1.82) is 0 Å². The fourth-order valence-electron chi connectivity index (χ4n) is 3.91. The second-order valence-electron chi connectivity index (χ2n) is 7.61. The fourth-order valence-corrected chi connectivity index (χ4v) is 3.91. The van der Waals surface area contributed by atoms with E-state index in [0.717, 1.165) is 6.42 Å². The van der Waals surface area contributed by atoms with Crippen molar-refractivity contribution in [3.05, 3.63) is 81.8 Å². The molecule has 1 aliphatic heterocycles. The number of carbonyl (C=O) groups is 2. The van der Waals surface area contributed by atoms with Gasteiger partial charge in [0.25, 0.3) is 17.4 Å². The predicted octanol–water partition coefficient (Wildman–Crippen LogP) is 2.84. The highest BCUT2D eigenvalue weighted by Crippen LogP contribution is 2.28. The number of hydrogen-bond acceptors (Lipinski definition) is 5. The summed E-state index contributed by atoms with van der Waals surface area (Å²) in [6, 6.07) is 15.1. The van der Waals surface area contributed by atoms with Gasteiger partial charge in [0, 0.05) is 12.2 Å². The number of benzene rings is 2. The Bertz CT molecular complexity index is 1340. The number of H-pyrrole nitrogens is 2. The van der Waals surface area contributed by atoms with Gasteiger partial charge in [-0.05, 0) is 37.1 Å². The van der Waals surface area contributed by atoms with Crippen LogP contribution < -0.4 is 16.2 Å². The molecule has 8 heteroatoms. The molecular weight excluding hydrogens is 394 g/mol. The minimum absolute atomic E-state index is 0.0671. The molecule has 2 amide bonds. The van der Waals surface area contributed by atoms with Crippen LogP contribution in [0.2, 0.25) is 0 Å². The van der Waals surface area contributed by atoms with Crippen LogP contribution in [0.4, 0.5) is 5.69 Å². The van der Waals surface area contributed by atoms with E-state index in [1.165, 1.54) is 5.56 Å². The molecule has 4 aromatic rings. The van der Waals surface area contributed by atoms with Gasteiger partial charge in [0.05, 0.1) is 27.8 Å². The van der Waals surface area contributed by atoms with E-state index in [0.29, 0.717) is 33.7 Å². The third kappa shape index (κ3) is 3.38. The summed E-state index contributed by atoms with van der Waals surface area (Å²) in [5.74, 6) is -0.517. The number of fused-ring (bicyclic) bond motifs is 2. The molecule has 5 rings (SSSR count). The third-order valence-corrected chi connectivity index (χ3v) is 5.32. The molecule has 1 atom stereocenters. The van der Waals surface area contributed by atoms with E-state index in [1.54, 1.807) is 24.4 Å². The summed E-state index contributed by atoms with van der Waals surface area (Å²) in [6.07, 6.45) is 2.38. The quantitative estimate of drug-likeness (QED) is 0.375. The molecule has 31 heavy (non-hydrogen) atoms. The Balaban J connectivity index is 1.52. The van der Waals surface area contributed by atoms with Crippen molar-refractivity contribution in [3.63, 3.8) is 0 Å². The molecule has 1 aliphatic rings. The van der Waals surface area contributed by atoms with Gasteiger partial charge in [-0.25, -0.2) is 4.98 Å². The third-order valence-electron chi connectivity index (χ3n) is 5.32. The van der Waals surface area contributed by atoms with Gasteiger partial charge in [0.15, 0.2) is 0 Å². The first-order valence-electron chi connectivity index (χ1n) is 9.91. The maximum atomic E-state index is 12.7. The molecule has 0 saturated carbocycles. The molecular formula is C23H19N5O3. The van der Waals surface area contributed by atoms with Crippen LogP contribution in [0.5, 0.6) is 0 Å². The van der Waals surface area contributed by atoms with Crippen LogP contribution in [0.25, 0.3) is 22.4 Å². The lowest BCUT2D eigenvalue weighted by Gasteiger charge is -2.17. The number of aromatic amines is 2. The Morgan fingerprint density at radius 1 is 1.00 bits per heavy atom. The Morgan fingerprint density at radius 2 is 1.74 bits per heavy atom. The highest BCUT2D eigenvalue weighted by molar-refractivity contribution is 6.23. The maximum Gasteiger partial charge on any atom is 0.261 e. The number of aromatic nitrogens is 3. The van der Waals surface area contributed by atoms with Crippen LogP contribution >= 0.6 is 0 Å². The summed E-state index contributed by atoms with van der Waals surface area (Å²) < 4.78 is 0. The van der Waals surface area contributed by atoms with Crippen molar-refractivity contribution in [2.45, 2.75) is 19.4 Å². The van der Waals surface area contributed by atoms with Gasteiger partial charge < -0.3 is 15.3 Å². The van der Waals surface area contributed by atoms with Gasteiger partial charge >= 0.3 is 0 Å². The smallest absolute Gasteiger partial charge is 0.261 e. The van der Waals surface area contributed by atoms with Gasteiger partial charge in [-0.2, -0.15) is 0 Å². The molecule has 0 saturated heterocycles. The summed E-state index contributed by atoms with van der Waals surface area (Å²) in [5.41, 5.74) is 3.57. The molecule has 0 spiro atoms. The lowest BCUT2D eigenvalue weighted by atomic mass is 10.1. The number of imidazole rings is 1. The van der Waals surface area contributed by atoms with Crippen LogP contribution in [0, 0.1) is 0 Å². The number of imide groups is 1. The molecule has 0 fully saturated rings. The van der Waals surface area contributed by atoms with E-state index in [1.807, 2.05) is 25.1 Å². The number of pyridine rings is 1. The molecule has 3 heterocycles. The molecule has 8 nitrogen and oxygen atoms in total. The molecule has 2 aromatic carbocycles. The topological polar surface area (TPSA) is 120 Å². The average molecular weight is 413 g/mol. The average Bonchev–Trinajstić information content (AvgIpc) is 3.27. The minimum Gasteiger partial charge on any atom is -0.381 e. The number of hydrogen-bond donors (Lipinski definition) is 4. The SMILES string of the molecule is C[C@@H](Cc1ccccc1)Nc1cc[nH]c(=O)c1-c1nc2cc3c(cc2[nH]1)C(=O)NC3=O. The monoisotopic (exact) mass is 413 g/mol. The van der Waals surface area contributed by atoms with Crippen LogP contribution in [0.3, 0.4) is 0 Å². The Morgan fingerprint density at radius 3 is 2.52 bits per heavy atom. The van der Waals surface area contributed by atoms with Gasteiger partial charge in [0.1, 0.15) is 11.4 Å². The minimum atomic E-state index is -0.443. The lowest BCUT2D eigenvalue weighted by Crippen LogP contribution is -2.21. The molecule has 0 radical (unpaired) electrons. The summed E-state index contributed by atoms with van der Waals surface area (Å²) in [7, 11) is 0. The van der Waals surface area contributed by atoms with E-state index >= 15 is 0 Å². The van der Waals surface area contributed by atoms with Crippen molar-refractivity contribution in [2.75, 3.05) is 5.32 Å². The zero-order valence-corrected chi connectivity index (χ0v) is 16.7. The van der Waals surface area contributed by atoms with Crippen molar-refractivity contribution >= 4 is 28.5 Å². The van der Waals surface area contributed by atoms with Gasteiger partial charge in [-0.3, -0.25) is 19.7 Å². The Hall–Kier alpha value is -4.20. The lowest BCUT2D eigenvalue weighted by molar-refractivity contribution is 0.0879. The summed E-state index contributed by atoms with van der Waals surface area (Å²) >= 11 is 0. The van der Waals surface area contributed by atoms with Gasteiger partial charge in [-0.15, -0.1) is 0 Å². The first-order valence-corrected chi connectivity index (χ1v) is 9.91. The predicted molar refractivity (Wildman–Crippen MR) is 117 cm³/mol. The maximum absolute atomic E-state index is 12.7. The molecule has 4 N–H and O–H groups in total. The zero-order chi connectivity index (χ0) is 21.5. The first kappa shape index (κ1) is 18.8. The second kappa shape index (κ2) is 7.24. The molecule has 0 unspecified atom stereocenters. The number of anilines is 1. The zero-order valence-electron chi connectivity index (χ0n) is 16.7. The largest absolute Gasteiger partial charge is 0.381 e. The standard InChI is InChI=1S/C23H19N5O3/c1-12(9-13-5-3-2-4-6-13)25-16-7-8-24-23(31)19(16)20-26-17-10-14-15(11-18(17)27-20)22(30)28-21(14)29/h2-8,10-12H,9H2,1H3,(H,26,27)(H2,24,25,31)(H,28,29,30)/t12-/m0/s1. The number of carbonyl (C=O) groups excluding carboxylic acids is 2. The van der Waals surface area contributed by atoms with Crippen molar-refractivity contribution < 1.29 is 9.59 Å². The Kier molecular flexibility index (Phi) is 4.39. The molecule has 0 aliphatic carbocycles. The van der Waals surface area contributed by atoms with Crippen molar-refractivity contribution in [3.8, 4) is 11.4 Å². The number of nitrogens with zero attached hydrogens (tertiary/aromatic N) is 1.